The average Bonchev–Trinajstić information content (AvgIpc) is 3.04. The standard InChI is InChI=1S/C21H22N2O4/c1-14-7-9-17(10-8-14)23-13-16(11-19(23)24)21(27)22-18(12-20(25)26)15-5-3-2-4-6-15/h2-10,16,18H,11-13H2,1H3,(H,22,27)(H,25,26). The summed E-state index contributed by atoms with van der Waals surface area (Å²) in [6.45, 7) is 2.26. The van der Waals surface area contributed by atoms with Crippen LogP contribution in [0, 0.1) is 12.8 Å². The van der Waals surface area contributed by atoms with Gasteiger partial charge in [0.2, 0.25) is 11.8 Å². The molecule has 1 saturated heterocycles. The molecule has 0 saturated carbocycles. The summed E-state index contributed by atoms with van der Waals surface area (Å²) in [5.41, 5.74) is 2.60. The van der Waals surface area contributed by atoms with Crippen LogP contribution in [-0.4, -0.2) is 29.4 Å². The van der Waals surface area contributed by atoms with Gasteiger partial charge in [0.1, 0.15) is 0 Å². The van der Waals surface area contributed by atoms with Crippen LogP contribution in [0.4, 0.5) is 5.69 Å². The number of anilines is 1. The number of nitrogens with one attached hydrogen (secondary N) is 1. The molecule has 2 N–H and O–H groups in total. The molecule has 6 nitrogen and oxygen atoms in total. The molecule has 6 heteroatoms. The summed E-state index contributed by atoms with van der Waals surface area (Å²) in [6, 6.07) is 16.0. The first-order valence-electron chi connectivity index (χ1n) is 8.88. The van der Waals surface area contributed by atoms with E-state index in [1.165, 1.54) is 0 Å². The first-order valence-corrected chi connectivity index (χ1v) is 8.88. The molecule has 0 spiro atoms. The van der Waals surface area contributed by atoms with Crippen molar-refractivity contribution in [3.05, 3.63) is 65.7 Å². The Hall–Kier alpha value is -3.15. The number of amides is 2. The predicted molar refractivity (Wildman–Crippen MR) is 101 cm³/mol. The maximum atomic E-state index is 12.7. The van der Waals surface area contributed by atoms with Gasteiger partial charge in [-0.25, -0.2) is 0 Å². The number of hydrogen-bond donors (Lipinski definition) is 2. The Morgan fingerprint density at radius 3 is 2.44 bits per heavy atom. The molecule has 3 rings (SSSR count). The quantitative estimate of drug-likeness (QED) is 0.823. The summed E-state index contributed by atoms with van der Waals surface area (Å²) in [6.07, 6.45) is -0.0909. The van der Waals surface area contributed by atoms with Gasteiger partial charge < -0.3 is 15.3 Å². The zero-order valence-corrected chi connectivity index (χ0v) is 15.1. The van der Waals surface area contributed by atoms with E-state index < -0.39 is 17.9 Å². The van der Waals surface area contributed by atoms with Gasteiger partial charge in [-0.15, -0.1) is 0 Å². The van der Waals surface area contributed by atoms with Crippen molar-refractivity contribution >= 4 is 23.5 Å². The lowest BCUT2D eigenvalue weighted by molar-refractivity contribution is -0.138. The minimum atomic E-state index is -0.993. The van der Waals surface area contributed by atoms with Gasteiger partial charge in [-0.3, -0.25) is 14.4 Å². The lowest BCUT2D eigenvalue weighted by atomic mass is 10.0. The van der Waals surface area contributed by atoms with Gasteiger partial charge in [0.25, 0.3) is 0 Å². The number of carboxylic acid groups (broad SMARTS) is 1. The number of carboxylic acids is 1. The fourth-order valence-electron chi connectivity index (χ4n) is 3.26. The third kappa shape index (κ3) is 4.53. The summed E-state index contributed by atoms with van der Waals surface area (Å²) < 4.78 is 0. The molecule has 2 aromatic rings. The number of benzene rings is 2. The van der Waals surface area contributed by atoms with Crippen molar-refractivity contribution in [1.29, 1.82) is 0 Å². The van der Waals surface area contributed by atoms with Gasteiger partial charge in [0, 0.05) is 18.7 Å². The van der Waals surface area contributed by atoms with Crippen molar-refractivity contribution in [3.8, 4) is 0 Å². The minimum Gasteiger partial charge on any atom is -0.481 e. The first kappa shape index (κ1) is 18.6. The summed E-state index contributed by atoms with van der Waals surface area (Å²) in [7, 11) is 0. The highest BCUT2D eigenvalue weighted by Crippen LogP contribution is 2.26. The van der Waals surface area contributed by atoms with E-state index in [4.69, 9.17) is 5.11 Å². The number of hydrogen-bond acceptors (Lipinski definition) is 3. The van der Waals surface area contributed by atoms with Crippen LogP contribution in [0.1, 0.15) is 30.0 Å². The van der Waals surface area contributed by atoms with Gasteiger partial charge >= 0.3 is 5.97 Å². The second-order valence-corrected chi connectivity index (χ2v) is 6.81. The highest BCUT2D eigenvalue weighted by Gasteiger charge is 2.36. The van der Waals surface area contributed by atoms with E-state index in [1.807, 2.05) is 37.3 Å². The van der Waals surface area contributed by atoms with Crippen LogP contribution < -0.4 is 10.2 Å². The first-order chi connectivity index (χ1) is 12.9. The number of rotatable bonds is 6. The molecule has 2 aromatic carbocycles. The zero-order valence-electron chi connectivity index (χ0n) is 15.1. The number of carbonyl (C=O) groups excluding carboxylic acids is 2. The molecule has 1 aliphatic heterocycles. The highest BCUT2D eigenvalue weighted by atomic mass is 16.4. The van der Waals surface area contributed by atoms with Crippen LogP contribution in [0.5, 0.6) is 0 Å². The van der Waals surface area contributed by atoms with E-state index in [1.54, 1.807) is 29.2 Å². The fourth-order valence-corrected chi connectivity index (χ4v) is 3.26. The Morgan fingerprint density at radius 1 is 1.15 bits per heavy atom. The molecular weight excluding hydrogens is 344 g/mol. The smallest absolute Gasteiger partial charge is 0.305 e. The predicted octanol–water partition coefficient (Wildman–Crippen LogP) is 2.68. The molecule has 1 aliphatic rings. The Kier molecular flexibility index (Phi) is 5.54. The molecule has 0 radical (unpaired) electrons. The van der Waals surface area contributed by atoms with E-state index in [-0.39, 0.29) is 24.7 Å². The van der Waals surface area contributed by atoms with Crippen molar-refractivity contribution in [2.45, 2.75) is 25.8 Å². The average molecular weight is 366 g/mol. The topological polar surface area (TPSA) is 86.7 Å². The lowest BCUT2D eigenvalue weighted by Gasteiger charge is -2.20. The number of nitrogens with zero attached hydrogens (tertiary/aromatic N) is 1. The van der Waals surface area contributed by atoms with Crippen molar-refractivity contribution < 1.29 is 19.5 Å². The summed E-state index contributed by atoms with van der Waals surface area (Å²) in [5, 5.41) is 12.0. The second-order valence-electron chi connectivity index (χ2n) is 6.81. The molecule has 2 unspecified atom stereocenters. The maximum Gasteiger partial charge on any atom is 0.305 e. The van der Waals surface area contributed by atoms with Crippen LogP contribution >= 0.6 is 0 Å². The molecule has 0 bridgehead atoms. The molecule has 27 heavy (non-hydrogen) atoms. The zero-order chi connectivity index (χ0) is 19.4. The van der Waals surface area contributed by atoms with E-state index in [0.29, 0.717) is 6.54 Å². The Balaban J connectivity index is 1.70. The number of carbonyl (C=O) groups is 3. The third-order valence-electron chi connectivity index (χ3n) is 4.74. The second kappa shape index (κ2) is 8.03. The Labute approximate surface area is 157 Å². The molecule has 1 heterocycles. The normalized spacial score (nSPS) is 17.6. The molecule has 140 valence electrons. The van der Waals surface area contributed by atoms with Gasteiger partial charge in [0.15, 0.2) is 0 Å². The SMILES string of the molecule is Cc1ccc(N2CC(C(=O)NC(CC(=O)O)c3ccccc3)CC2=O)cc1. The highest BCUT2D eigenvalue weighted by molar-refractivity contribution is 6.00. The van der Waals surface area contributed by atoms with E-state index in [9.17, 15) is 14.4 Å². The summed E-state index contributed by atoms with van der Waals surface area (Å²) in [4.78, 5) is 37.9. The monoisotopic (exact) mass is 366 g/mol. The molecule has 2 atom stereocenters. The largest absolute Gasteiger partial charge is 0.481 e. The van der Waals surface area contributed by atoms with E-state index in [0.717, 1.165) is 16.8 Å². The summed E-state index contributed by atoms with van der Waals surface area (Å²) >= 11 is 0. The van der Waals surface area contributed by atoms with Gasteiger partial charge in [-0.1, -0.05) is 48.0 Å². The fraction of sp³-hybridized carbons (Fsp3) is 0.286. The molecule has 1 fully saturated rings. The van der Waals surface area contributed by atoms with Crippen LogP contribution in [0.25, 0.3) is 0 Å². The van der Waals surface area contributed by atoms with Crippen LogP contribution in [0.3, 0.4) is 0 Å². The minimum absolute atomic E-state index is 0.103. The van der Waals surface area contributed by atoms with Gasteiger partial charge in [-0.2, -0.15) is 0 Å². The number of aryl methyl sites for hydroxylation is 1. The Morgan fingerprint density at radius 2 is 1.81 bits per heavy atom. The van der Waals surface area contributed by atoms with Crippen LogP contribution in [-0.2, 0) is 14.4 Å². The van der Waals surface area contributed by atoms with Crippen molar-refractivity contribution in [3.63, 3.8) is 0 Å². The third-order valence-corrected chi connectivity index (χ3v) is 4.74. The van der Waals surface area contributed by atoms with Crippen LogP contribution in [0.15, 0.2) is 54.6 Å². The molecule has 0 aromatic heterocycles. The van der Waals surface area contributed by atoms with Crippen LogP contribution in [0.2, 0.25) is 0 Å². The van der Waals surface area contributed by atoms with Gasteiger partial charge in [-0.05, 0) is 24.6 Å². The van der Waals surface area contributed by atoms with E-state index >= 15 is 0 Å². The van der Waals surface area contributed by atoms with Crippen molar-refractivity contribution in [1.82, 2.24) is 5.32 Å². The van der Waals surface area contributed by atoms with Crippen molar-refractivity contribution in [2.75, 3.05) is 11.4 Å². The molecule has 2 amide bonds. The van der Waals surface area contributed by atoms with Crippen molar-refractivity contribution in [2.24, 2.45) is 5.92 Å². The maximum absolute atomic E-state index is 12.7. The number of aliphatic carboxylic acids is 1. The van der Waals surface area contributed by atoms with Gasteiger partial charge in [0.05, 0.1) is 18.4 Å². The molecule has 0 aliphatic carbocycles. The summed E-state index contributed by atoms with van der Waals surface area (Å²) in [5.74, 6) is -1.90. The lowest BCUT2D eigenvalue weighted by Crippen LogP contribution is -2.36. The molecular formula is C21H22N2O4. The van der Waals surface area contributed by atoms with E-state index in [2.05, 4.69) is 5.32 Å². The Bertz CT molecular complexity index is 833.